The van der Waals surface area contributed by atoms with E-state index in [2.05, 4.69) is 28.1 Å². The van der Waals surface area contributed by atoms with Gasteiger partial charge >= 0.3 is 0 Å². The Morgan fingerprint density at radius 3 is 2.32 bits per heavy atom. The lowest BCUT2D eigenvalue weighted by molar-refractivity contribution is -0.169. The van der Waals surface area contributed by atoms with Crippen LogP contribution in [0.5, 0.6) is 0 Å². The van der Waals surface area contributed by atoms with Crippen molar-refractivity contribution in [2.75, 3.05) is 31.2 Å². The fourth-order valence-corrected chi connectivity index (χ4v) is 3.84. The zero-order valence-electron chi connectivity index (χ0n) is 15.6. The Hall–Kier alpha value is -2.83. The van der Waals surface area contributed by atoms with E-state index in [0.717, 1.165) is 48.6 Å². The highest BCUT2D eigenvalue weighted by molar-refractivity contribution is 5.67. The van der Waals surface area contributed by atoms with Crippen molar-refractivity contribution in [1.29, 1.82) is 0 Å². The minimum absolute atomic E-state index is 0.391. The Morgan fingerprint density at radius 2 is 1.61 bits per heavy atom. The normalized spacial score (nSPS) is 18.5. The van der Waals surface area contributed by atoms with E-state index in [0.29, 0.717) is 19.0 Å². The summed E-state index contributed by atoms with van der Waals surface area (Å²) in [6.45, 7) is 3.07. The number of hydrogen-bond acceptors (Lipinski definition) is 6. The van der Waals surface area contributed by atoms with Crippen molar-refractivity contribution in [3.63, 3.8) is 0 Å². The first-order valence-electron chi connectivity index (χ1n) is 9.69. The molecule has 0 bridgehead atoms. The summed E-state index contributed by atoms with van der Waals surface area (Å²) < 4.78 is 11.7. The van der Waals surface area contributed by atoms with E-state index < -0.39 is 5.79 Å². The molecule has 2 saturated heterocycles. The first-order chi connectivity index (χ1) is 13.8. The number of hydrogen-bond donors (Lipinski definition) is 0. The van der Waals surface area contributed by atoms with Crippen LogP contribution >= 0.6 is 0 Å². The zero-order chi connectivity index (χ0) is 18.8. The van der Waals surface area contributed by atoms with Gasteiger partial charge in [0.1, 0.15) is 5.82 Å². The van der Waals surface area contributed by atoms with E-state index in [4.69, 9.17) is 19.4 Å². The lowest BCUT2D eigenvalue weighted by Gasteiger charge is -2.38. The number of nitrogens with zero attached hydrogens (tertiary/aromatic N) is 4. The Kier molecular flexibility index (Phi) is 4.50. The lowest BCUT2D eigenvalue weighted by Crippen LogP contribution is -2.45. The fraction of sp³-hybridized carbons (Fsp3) is 0.318. The molecule has 4 heterocycles. The molecule has 5 rings (SSSR count). The Morgan fingerprint density at radius 1 is 0.857 bits per heavy atom. The number of piperidine rings is 1. The van der Waals surface area contributed by atoms with E-state index in [1.165, 1.54) is 0 Å². The van der Waals surface area contributed by atoms with Crippen LogP contribution in [0.25, 0.3) is 22.6 Å². The molecule has 0 radical (unpaired) electrons. The van der Waals surface area contributed by atoms with Crippen molar-refractivity contribution < 1.29 is 9.47 Å². The van der Waals surface area contributed by atoms with Crippen LogP contribution < -0.4 is 4.90 Å². The van der Waals surface area contributed by atoms with E-state index in [9.17, 15) is 0 Å². The molecule has 1 aromatic carbocycles. The molecule has 0 amide bonds. The van der Waals surface area contributed by atoms with Gasteiger partial charge in [-0.1, -0.05) is 30.3 Å². The highest BCUT2D eigenvalue weighted by Gasteiger charge is 2.40. The average molecular weight is 374 g/mol. The predicted octanol–water partition coefficient (Wildman–Crippen LogP) is 3.55. The largest absolute Gasteiger partial charge is 0.356 e. The standard InChI is InChI=1S/C22H22N4O2/c1-2-5-17(6-3-1)19-15-20(25-21(24-19)18-7-4-10-23-16-18)26-11-8-22(9-12-26)27-13-14-28-22/h1-7,10,15-16H,8-9,11-14H2. The van der Waals surface area contributed by atoms with Gasteiger partial charge in [0.2, 0.25) is 0 Å². The van der Waals surface area contributed by atoms with Crippen molar-refractivity contribution in [2.24, 2.45) is 0 Å². The van der Waals surface area contributed by atoms with Crippen molar-refractivity contribution in [3.8, 4) is 22.6 Å². The van der Waals surface area contributed by atoms with Crippen molar-refractivity contribution in [2.45, 2.75) is 18.6 Å². The van der Waals surface area contributed by atoms with Gasteiger partial charge in [-0.05, 0) is 12.1 Å². The smallest absolute Gasteiger partial charge is 0.171 e. The van der Waals surface area contributed by atoms with E-state index in [-0.39, 0.29) is 0 Å². The summed E-state index contributed by atoms with van der Waals surface area (Å²) in [5.74, 6) is 1.23. The second-order valence-corrected chi connectivity index (χ2v) is 7.14. The van der Waals surface area contributed by atoms with Crippen molar-refractivity contribution in [1.82, 2.24) is 15.0 Å². The molecule has 0 atom stereocenters. The molecule has 0 aliphatic carbocycles. The summed E-state index contributed by atoms with van der Waals surface area (Å²) in [5.41, 5.74) is 2.91. The molecule has 2 fully saturated rings. The van der Waals surface area contributed by atoms with E-state index in [1.54, 1.807) is 12.4 Å². The first-order valence-corrected chi connectivity index (χ1v) is 9.69. The number of benzene rings is 1. The summed E-state index contributed by atoms with van der Waals surface area (Å²) in [6, 6.07) is 16.2. The summed E-state index contributed by atoms with van der Waals surface area (Å²) in [5, 5.41) is 0. The van der Waals surface area contributed by atoms with Gasteiger partial charge in [-0.15, -0.1) is 0 Å². The molecule has 6 nitrogen and oxygen atoms in total. The molecular weight excluding hydrogens is 352 g/mol. The quantitative estimate of drug-likeness (QED) is 0.699. The number of anilines is 1. The SMILES string of the molecule is c1ccc(-c2cc(N3CCC4(CC3)OCCO4)nc(-c3cccnc3)n2)cc1. The second-order valence-electron chi connectivity index (χ2n) is 7.14. The molecule has 142 valence electrons. The molecule has 0 saturated carbocycles. The van der Waals surface area contributed by atoms with Crippen LogP contribution in [0.3, 0.4) is 0 Å². The minimum atomic E-state index is -0.391. The Bertz CT molecular complexity index is 876. The van der Waals surface area contributed by atoms with Gasteiger partial charge in [-0.25, -0.2) is 9.97 Å². The third-order valence-corrected chi connectivity index (χ3v) is 5.36. The summed E-state index contributed by atoms with van der Waals surface area (Å²) in [7, 11) is 0. The number of pyridine rings is 1. The highest BCUT2D eigenvalue weighted by Crippen LogP contribution is 2.34. The van der Waals surface area contributed by atoms with E-state index in [1.807, 2.05) is 30.3 Å². The fourth-order valence-electron chi connectivity index (χ4n) is 3.84. The monoisotopic (exact) mass is 374 g/mol. The lowest BCUT2D eigenvalue weighted by atomic mass is 10.0. The molecule has 2 aromatic heterocycles. The summed E-state index contributed by atoms with van der Waals surface area (Å²) in [6.07, 6.45) is 5.26. The maximum atomic E-state index is 5.86. The van der Waals surface area contributed by atoms with Gasteiger partial charge < -0.3 is 14.4 Å². The van der Waals surface area contributed by atoms with Crippen molar-refractivity contribution >= 4 is 5.82 Å². The van der Waals surface area contributed by atoms with Gasteiger partial charge in [0.15, 0.2) is 11.6 Å². The van der Waals surface area contributed by atoms with Crippen LogP contribution in [0.1, 0.15) is 12.8 Å². The molecule has 6 heteroatoms. The maximum Gasteiger partial charge on any atom is 0.171 e. The average Bonchev–Trinajstić information content (AvgIpc) is 3.23. The van der Waals surface area contributed by atoms with Gasteiger partial charge in [0.25, 0.3) is 0 Å². The number of ether oxygens (including phenoxy) is 2. The van der Waals surface area contributed by atoms with Gasteiger partial charge in [0.05, 0.1) is 18.9 Å². The summed E-state index contributed by atoms with van der Waals surface area (Å²) >= 11 is 0. The Labute approximate surface area is 164 Å². The van der Waals surface area contributed by atoms with Crippen LogP contribution in [0, 0.1) is 0 Å². The molecule has 3 aromatic rings. The molecule has 1 spiro atoms. The molecule has 2 aliphatic heterocycles. The molecule has 28 heavy (non-hydrogen) atoms. The molecule has 2 aliphatic rings. The Balaban J connectivity index is 1.50. The van der Waals surface area contributed by atoms with Gasteiger partial charge in [0, 0.05) is 55.5 Å². The third kappa shape index (κ3) is 3.37. The van der Waals surface area contributed by atoms with Crippen LogP contribution in [0.15, 0.2) is 60.9 Å². The van der Waals surface area contributed by atoms with Crippen LogP contribution in [-0.2, 0) is 9.47 Å². The molecule has 0 N–H and O–H groups in total. The first kappa shape index (κ1) is 17.3. The topological polar surface area (TPSA) is 60.4 Å². The van der Waals surface area contributed by atoms with Crippen LogP contribution in [0.2, 0.25) is 0 Å². The number of aromatic nitrogens is 3. The predicted molar refractivity (Wildman–Crippen MR) is 107 cm³/mol. The zero-order valence-corrected chi connectivity index (χ0v) is 15.6. The molecular formula is C22H22N4O2. The van der Waals surface area contributed by atoms with Gasteiger partial charge in [-0.3, -0.25) is 4.98 Å². The number of rotatable bonds is 3. The third-order valence-electron chi connectivity index (χ3n) is 5.36. The van der Waals surface area contributed by atoms with E-state index >= 15 is 0 Å². The van der Waals surface area contributed by atoms with Crippen LogP contribution in [-0.4, -0.2) is 47.0 Å². The summed E-state index contributed by atoms with van der Waals surface area (Å²) in [4.78, 5) is 16.2. The van der Waals surface area contributed by atoms with Crippen LogP contribution in [0.4, 0.5) is 5.82 Å². The minimum Gasteiger partial charge on any atom is -0.356 e. The van der Waals surface area contributed by atoms with Crippen molar-refractivity contribution in [3.05, 3.63) is 60.9 Å². The highest BCUT2D eigenvalue weighted by atomic mass is 16.7. The second kappa shape index (κ2) is 7.30. The van der Waals surface area contributed by atoms with Gasteiger partial charge in [-0.2, -0.15) is 0 Å². The maximum absolute atomic E-state index is 5.86. The molecule has 0 unspecified atom stereocenters.